The van der Waals surface area contributed by atoms with Crippen LogP contribution in [0.15, 0.2) is 18.2 Å². The van der Waals surface area contributed by atoms with Crippen LogP contribution in [0.2, 0.25) is 10.0 Å². The van der Waals surface area contributed by atoms with Crippen molar-refractivity contribution >= 4 is 38.9 Å². The maximum Gasteiger partial charge on any atom is 0.260 e. The van der Waals surface area contributed by atoms with E-state index in [0.717, 1.165) is 0 Å². The Morgan fingerprint density at radius 2 is 1.88 bits per heavy atom. The molecule has 0 N–H and O–H groups in total. The van der Waals surface area contributed by atoms with E-state index >= 15 is 0 Å². The Balaban J connectivity index is 1.76. The van der Waals surface area contributed by atoms with Crippen LogP contribution in [0.3, 0.4) is 0 Å². The number of nitrogens with zero attached hydrogens (tertiary/aromatic N) is 2. The summed E-state index contributed by atoms with van der Waals surface area (Å²) in [5.41, 5.74) is 0. The minimum Gasteiger partial charge on any atom is -0.482 e. The molecular formula is C15H20Cl2N2O4S. The maximum atomic E-state index is 12.2. The lowest BCUT2D eigenvalue weighted by Gasteiger charge is -2.34. The average molecular weight is 395 g/mol. The van der Waals surface area contributed by atoms with E-state index in [-0.39, 0.29) is 18.3 Å². The standard InChI is InChI=1S/C15H20Cl2N2O4S/c1-24(21,22)9-8-18-4-6-19(7-5-18)15(20)11-23-14-3-2-12(16)10-13(14)17/h2-3,10H,4-9,11H2,1H3. The van der Waals surface area contributed by atoms with Crippen molar-refractivity contribution in [2.45, 2.75) is 0 Å². The molecule has 0 atom stereocenters. The highest BCUT2D eigenvalue weighted by atomic mass is 35.5. The van der Waals surface area contributed by atoms with Crippen LogP contribution in [-0.4, -0.2) is 75.5 Å². The molecule has 0 radical (unpaired) electrons. The van der Waals surface area contributed by atoms with Crippen LogP contribution in [-0.2, 0) is 14.6 Å². The van der Waals surface area contributed by atoms with Crippen molar-refractivity contribution in [3.05, 3.63) is 28.2 Å². The first-order chi connectivity index (χ1) is 11.2. The van der Waals surface area contributed by atoms with Gasteiger partial charge in [-0.25, -0.2) is 8.42 Å². The first kappa shape index (κ1) is 19.3. The second-order valence-corrected chi connectivity index (χ2v) is 8.82. The summed E-state index contributed by atoms with van der Waals surface area (Å²) in [6.45, 7) is 2.83. The number of piperazine rings is 1. The second-order valence-electron chi connectivity index (χ2n) is 5.72. The van der Waals surface area contributed by atoms with Crippen LogP contribution in [0.25, 0.3) is 0 Å². The van der Waals surface area contributed by atoms with Gasteiger partial charge in [-0.2, -0.15) is 0 Å². The molecule has 0 aliphatic carbocycles. The molecule has 0 unspecified atom stereocenters. The molecule has 2 rings (SSSR count). The van der Waals surface area contributed by atoms with Gasteiger partial charge in [-0.15, -0.1) is 0 Å². The van der Waals surface area contributed by atoms with Gasteiger partial charge in [0.25, 0.3) is 5.91 Å². The third-order valence-electron chi connectivity index (χ3n) is 3.75. The van der Waals surface area contributed by atoms with Gasteiger partial charge in [0.15, 0.2) is 6.61 Å². The molecule has 1 saturated heterocycles. The van der Waals surface area contributed by atoms with Crippen LogP contribution in [0.5, 0.6) is 5.75 Å². The Hall–Kier alpha value is -1.02. The monoisotopic (exact) mass is 394 g/mol. The fourth-order valence-electron chi connectivity index (χ4n) is 2.34. The Morgan fingerprint density at radius 3 is 2.46 bits per heavy atom. The van der Waals surface area contributed by atoms with E-state index in [0.29, 0.717) is 48.5 Å². The van der Waals surface area contributed by atoms with Crippen molar-refractivity contribution in [3.8, 4) is 5.75 Å². The van der Waals surface area contributed by atoms with E-state index in [4.69, 9.17) is 27.9 Å². The zero-order valence-electron chi connectivity index (χ0n) is 13.4. The number of carbonyl (C=O) groups is 1. The van der Waals surface area contributed by atoms with E-state index in [1.54, 1.807) is 23.1 Å². The minimum atomic E-state index is -2.96. The molecule has 9 heteroatoms. The molecule has 1 fully saturated rings. The highest BCUT2D eigenvalue weighted by molar-refractivity contribution is 7.90. The van der Waals surface area contributed by atoms with Crippen molar-refractivity contribution in [2.75, 3.05) is 51.3 Å². The maximum absolute atomic E-state index is 12.2. The van der Waals surface area contributed by atoms with Crippen molar-refractivity contribution in [2.24, 2.45) is 0 Å². The van der Waals surface area contributed by atoms with Crippen molar-refractivity contribution in [3.63, 3.8) is 0 Å². The lowest BCUT2D eigenvalue weighted by molar-refractivity contribution is -0.135. The van der Waals surface area contributed by atoms with Crippen LogP contribution in [0.1, 0.15) is 0 Å². The number of ether oxygens (including phenoxy) is 1. The zero-order valence-corrected chi connectivity index (χ0v) is 15.7. The lowest BCUT2D eigenvalue weighted by Crippen LogP contribution is -2.50. The molecule has 0 aromatic heterocycles. The summed E-state index contributed by atoms with van der Waals surface area (Å²) in [6.07, 6.45) is 1.23. The molecule has 0 bridgehead atoms. The first-order valence-corrected chi connectivity index (χ1v) is 10.3. The SMILES string of the molecule is CS(=O)(=O)CCN1CCN(C(=O)COc2ccc(Cl)cc2Cl)CC1. The Morgan fingerprint density at radius 1 is 1.21 bits per heavy atom. The number of rotatable bonds is 6. The molecule has 24 heavy (non-hydrogen) atoms. The first-order valence-electron chi connectivity index (χ1n) is 7.50. The summed E-state index contributed by atoms with van der Waals surface area (Å²) in [4.78, 5) is 15.9. The summed E-state index contributed by atoms with van der Waals surface area (Å²) in [5.74, 6) is 0.434. The summed E-state index contributed by atoms with van der Waals surface area (Å²) in [5, 5.41) is 0.866. The molecule has 1 amide bonds. The molecule has 134 valence electrons. The molecule has 1 heterocycles. The third kappa shape index (κ3) is 6.12. The zero-order chi connectivity index (χ0) is 17.7. The van der Waals surface area contributed by atoms with E-state index < -0.39 is 9.84 Å². The minimum absolute atomic E-state index is 0.0926. The fraction of sp³-hybridized carbons (Fsp3) is 0.533. The summed E-state index contributed by atoms with van der Waals surface area (Å²) < 4.78 is 27.8. The normalized spacial score (nSPS) is 16.2. The fourth-order valence-corrected chi connectivity index (χ4v) is 3.39. The highest BCUT2D eigenvalue weighted by Crippen LogP contribution is 2.27. The van der Waals surface area contributed by atoms with Crippen molar-refractivity contribution < 1.29 is 17.9 Å². The van der Waals surface area contributed by atoms with E-state index in [2.05, 4.69) is 0 Å². The van der Waals surface area contributed by atoms with E-state index in [1.807, 2.05) is 4.90 Å². The molecule has 0 spiro atoms. The quantitative estimate of drug-likeness (QED) is 0.732. The predicted molar refractivity (Wildman–Crippen MR) is 94.7 cm³/mol. The Kier molecular flexibility index (Phi) is 6.74. The molecule has 1 aliphatic heterocycles. The molecule has 1 aromatic rings. The van der Waals surface area contributed by atoms with Crippen LogP contribution < -0.4 is 4.74 Å². The van der Waals surface area contributed by atoms with Gasteiger partial charge in [-0.3, -0.25) is 9.69 Å². The number of amides is 1. The Bertz CT molecular complexity index is 689. The average Bonchev–Trinajstić information content (AvgIpc) is 2.51. The number of hydrogen-bond donors (Lipinski definition) is 0. The second kappa shape index (κ2) is 8.38. The molecule has 1 aromatic carbocycles. The number of hydrogen-bond acceptors (Lipinski definition) is 5. The number of benzene rings is 1. The van der Waals surface area contributed by atoms with Gasteiger partial charge in [0.05, 0.1) is 10.8 Å². The van der Waals surface area contributed by atoms with E-state index in [1.165, 1.54) is 6.26 Å². The third-order valence-corrected chi connectivity index (χ3v) is 5.20. The topological polar surface area (TPSA) is 66.9 Å². The van der Waals surface area contributed by atoms with Gasteiger partial charge in [0.2, 0.25) is 0 Å². The van der Waals surface area contributed by atoms with Crippen LogP contribution in [0, 0.1) is 0 Å². The largest absolute Gasteiger partial charge is 0.482 e. The molecule has 6 nitrogen and oxygen atoms in total. The number of halogens is 2. The van der Waals surface area contributed by atoms with Gasteiger partial charge < -0.3 is 9.64 Å². The predicted octanol–water partition coefficient (Wildman–Crippen LogP) is 1.56. The number of carbonyl (C=O) groups excluding carboxylic acids is 1. The van der Waals surface area contributed by atoms with E-state index in [9.17, 15) is 13.2 Å². The van der Waals surface area contributed by atoms with Crippen LogP contribution >= 0.6 is 23.2 Å². The van der Waals surface area contributed by atoms with Gasteiger partial charge in [0, 0.05) is 44.0 Å². The van der Waals surface area contributed by atoms with Gasteiger partial charge in [-0.05, 0) is 18.2 Å². The Labute approximate surface area is 152 Å². The number of sulfone groups is 1. The molecule has 1 aliphatic rings. The van der Waals surface area contributed by atoms with Crippen molar-refractivity contribution in [1.82, 2.24) is 9.80 Å². The smallest absolute Gasteiger partial charge is 0.260 e. The van der Waals surface area contributed by atoms with Crippen molar-refractivity contribution in [1.29, 1.82) is 0 Å². The van der Waals surface area contributed by atoms with Crippen LogP contribution in [0.4, 0.5) is 0 Å². The van der Waals surface area contributed by atoms with Gasteiger partial charge >= 0.3 is 0 Å². The summed E-state index contributed by atoms with van der Waals surface area (Å²) in [6, 6.07) is 4.83. The van der Waals surface area contributed by atoms with Gasteiger partial charge in [-0.1, -0.05) is 23.2 Å². The van der Waals surface area contributed by atoms with Gasteiger partial charge in [0.1, 0.15) is 15.6 Å². The highest BCUT2D eigenvalue weighted by Gasteiger charge is 2.22. The molecular weight excluding hydrogens is 375 g/mol. The molecule has 0 saturated carbocycles. The summed E-state index contributed by atoms with van der Waals surface area (Å²) in [7, 11) is -2.96. The lowest BCUT2D eigenvalue weighted by atomic mass is 10.3. The summed E-state index contributed by atoms with van der Waals surface area (Å²) >= 11 is 11.8.